The van der Waals surface area contributed by atoms with Crippen molar-refractivity contribution in [3.05, 3.63) is 63.6 Å². The zero-order valence-electron chi connectivity index (χ0n) is 78.8. The number of ether oxygens (including phenoxy) is 15. The van der Waals surface area contributed by atoms with Gasteiger partial charge >= 0.3 is 5.97 Å². The number of nitrogens with one attached hydrogen (secondary N) is 4. The smallest absolute Gasteiger partial charge is 0.326 e. The maximum atomic E-state index is 13.7. The average Bonchev–Trinajstić information content (AvgIpc) is 1.60. The van der Waals surface area contributed by atoms with E-state index in [9.17, 15) is 29.1 Å². The van der Waals surface area contributed by atoms with E-state index in [1.165, 1.54) is 193 Å². The molecule has 0 spiro atoms. The molecule has 126 heavy (non-hydrogen) atoms. The van der Waals surface area contributed by atoms with Crippen molar-refractivity contribution in [1.82, 2.24) is 16.0 Å². The highest BCUT2D eigenvalue weighted by atomic mass is 35.5. The molecular weight excluding hydrogens is 1650 g/mol. The molecule has 2 aromatic rings. The molecule has 5 N–H and O–H groups in total. The van der Waals surface area contributed by atoms with Crippen molar-refractivity contribution < 1.29 is 105 Å². The first-order valence-electron chi connectivity index (χ1n) is 49.1. The third-order valence-electron chi connectivity index (χ3n) is 22.6. The predicted octanol–water partition coefficient (Wildman–Crippen LogP) is 17.9. The van der Waals surface area contributed by atoms with Crippen LogP contribution in [0.3, 0.4) is 0 Å². The molecule has 1 aliphatic carbocycles. The van der Waals surface area contributed by atoms with Gasteiger partial charge in [-0.25, -0.2) is 4.79 Å². The summed E-state index contributed by atoms with van der Waals surface area (Å²) in [7, 11) is 4.54. The summed E-state index contributed by atoms with van der Waals surface area (Å²) in [6, 6.07) is 10.2. The van der Waals surface area contributed by atoms with E-state index in [0.717, 1.165) is 62.9 Å². The van der Waals surface area contributed by atoms with Crippen LogP contribution in [-0.2, 0) is 96.7 Å². The van der Waals surface area contributed by atoms with Gasteiger partial charge in [0.15, 0.2) is 0 Å². The van der Waals surface area contributed by atoms with Crippen molar-refractivity contribution in [2.45, 2.75) is 289 Å². The molecule has 0 radical (unpaired) electrons. The number of hydrogen-bond acceptors (Lipinski definition) is 20. The van der Waals surface area contributed by atoms with Crippen molar-refractivity contribution in [2.24, 2.45) is 5.41 Å². The Morgan fingerprint density at radius 3 is 1.07 bits per heavy atom. The van der Waals surface area contributed by atoms with Crippen LogP contribution in [0.4, 0.5) is 5.69 Å². The van der Waals surface area contributed by atoms with Crippen LogP contribution in [0.1, 0.15) is 287 Å². The lowest BCUT2D eigenvalue weighted by molar-refractivity contribution is -0.893. The topological polar surface area (TPSA) is 292 Å². The summed E-state index contributed by atoms with van der Waals surface area (Å²) in [5.74, 6) is -2.20. The Bertz CT molecular complexity index is 2850. The molecule has 26 nitrogen and oxygen atoms in total. The molecule has 1 aliphatic rings. The van der Waals surface area contributed by atoms with Gasteiger partial charge in [0, 0.05) is 57.7 Å². The highest BCUT2D eigenvalue weighted by Gasteiger charge is 2.42. The zero-order valence-corrected chi connectivity index (χ0v) is 80.3. The van der Waals surface area contributed by atoms with Crippen molar-refractivity contribution >= 4 is 58.5 Å². The van der Waals surface area contributed by atoms with E-state index in [0.29, 0.717) is 215 Å². The number of benzene rings is 2. The van der Waals surface area contributed by atoms with Crippen LogP contribution in [0.5, 0.6) is 0 Å². The van der Waals surface area contributed by atoms with Gasteiger partial charge in [-0.1, -0.05) is 261 Å². The zero-order chi connectivity index (χ0) is 90.6. The summed E-state index contributed by atoms with van der Waals surface area (Å²) in [5.41, 5.74) is 0.461. The second-order valence-corrected chi connectivity index (χ2v) is 34.9. The van der Waals surface area contributed by atoms with Crippen molar-refractivity contribution in [1.29, 1.82) is 0 Å². The SMILES string of the molecule is CCCCCCCCCCCCCCCCCCOCC(C[N+](C)(C)CCCNC(=O)CCOCCOCCOCCOCCOCCOCCOCCOCCOCCOCCOCCOCCOCCC(=O)NCCC1(C(=O)N[C@@H](Cc2ccc(NC(=O)c3c(Cl)cccc3Cl)cc2)C(=O)O)CCCC1)OCCCCCCCCCCCCCCCCCC. The van der Waals surface area contributed by atoms with Gasteiger partial charge in [0.1, 0.15) is 18.7 Å². The third kappa shape index (κ3) is 67.8. The van der Waals surface area contributed by atoms with E-state index in [2.05, 4.69) is 49.2 Å². The number of halogens is 2. The van der Waals surface area contributed by atoms with E-state index in [4.69, 9.17) is 94.3 Å². The number of likely N-dealkylation sites (N-methyl/N-ethyl adjacent to an activating group) is 1. The number of carboxylic acid groups (broad SMARTS) is 1. The van der Waals surface area contributed by atoms with E-state index in [-0.39, 0.29) is 65.4 Å². The second kappa shape index (κ2) is 83.8. The number of aliphatic carboxylic acids is 1. The molecule has 28 heteroatoms. The van der Waals surface area contributed by atoms with Crippen molar-refractivity contribution in [3.8, 4) is 0 Å². The Balaban J connectivity index is 1.02. The summed E-state index contributed by atoms with van der Waals surface area (Å²) in [6.07, 6.45) is 48.4. The molecule has 1 unspecified atom stereocenters. The third-order valence-corrected chi connectivity index (χ3v) is 23.2. The van der Waals surface area contributed by atoms with Crippen LogP contribution in [0, 0.1) is 5.41 Å². The van der Waals surface area contributed by atoms with Gasteiger partial charge in [-0.2, -0.15) is 0 Å². The first-order valence-corrected chi connectivity index (χ1v) is 49.9. The summed E-state index contributed by atoms with van der Waals surface area (Å²) in [4.78, 5) is 64.1. The van der Waals surface area contributed by atoms with Crippen LogP contribution < -0.4 is 21.3 Å². The normalized spacial score (nSPS) is 13.2. The van der Waals surface area contributed by atoms with Gasteiger partial charge in [-0.05, 0) is 61.9 Å². The van der Waals surface area contributed by atoms with E-state index >= 15 is 0 Å². The molecule has 0 aromatic heterocycles. The fourth-order valence-electron chi connectivity index (χ4n) is 15.1. The molecule has 2 aromatic carbocycles. The van der Waals surface area contributed by atoms with Crippen molar-refractivity contribution in [2.75, 3.05) is 237 Å². The lowest BCUT2D eigenvalue weighted by Crippen LogP contribution is -2.49. The summed E-state index contributed by atoms with van der Waals surface area (Å²) in [6.45, 7) is 20.5. The molecule has 2 atom stereocenters. The molecule has 0 heterocycles. The maximum absolute atomic E-state index is 13.7. The second-order valence-electron chi connectivity index (χ2n) is 34.1. The predicted molar refractivity (Wildman–Crippen MR) is 502 cm³/mol. The number of carbonyl (C=O) groups is 5. The number of carboxylic acids is 1. The van der Waals surface area contributed by atoms with Gasteiger partial charge in [-0.3, -0.25) is 19.2 Å². The van der Waals surface area contributed by atoms with Gasteiger partial charge in [-0.15, -0.1) is 0 Å². The number of hydrogen-bond donors (Lipinski definition) is 5. The monoisotopic (exact) mass is 1830 g/mol. The van der Waals surface area contributed by atoms with Gasteiger partial charge < -0.3 is 102 Å². The molecule has 1 fully saturated rings. The average molecular weight is 1830 g/mol. The lowest BCUT2D eigenvalue weighted by Gasteiger charge is -2.33. The minimum Gasteiger partial charge on any atom is -0.480 e. The quantitative estimate of drug-likeness (QED) is 0.0304. The number of anilines is 1. The van der Waals surface area contributed by atoms with E-state index in [1.54, 1.807) is 42.5 Å². The number of unbranched alkanes of at least 4 members (excludes halogenated alkanes) is 30. The Morgan fingerprint density at radius 1 is 0.397 bits per heavy atom. The number of quaternary nitrogens is 1. The number of amides is 4. The summed E-state index contributed by atoms with van der Waals surface area (Å²) < 4.78 is 86.4. The van der Waals surface area contributed by atoms with E-state index in [1.807, 2.05) is 0 Å². The fraction of sp³-hybridized carbons (Fsp3) is 0.827. The van der Waals surface area contributed by atoms with E-state index < -0.39 is 23.3 Å². The number of nitrogens with zero attached hydrogens (tertiary/aromatic N) is 1. The lowest BCUT2D eigenvalue weighted by atomic mass is 9.81. The Labute approximate surface area is 770 Å². The summed E-state index contributed by atoms with van der Waals surface area (Å²) >= 11 is 12.4. The molecular formula is C98H174Cl2N5O21+. The first kappa shape index (κ1) is 116. The molecule has 0 saturated heterocycles. The molecule has 4 amide bonds. The molecule has 3 rings (SSSR count). The minimum absolute atomic E-state index is 0.00520. The van der Waals surface area contributed by atoms with Crippen LogP contribution in [-0.4, -0.2) is 283 Å². The van der Waals surface area contributed by atoms with Crippen LogP contribution in [0.15, 0.2) is 42.5 Å². The summed E-state index contributed by atoms with van der Waals surface area (Å²) in [5, 5.41) is 22.0. The van der Waals surface area contributed by atoms with Crippen molar-refractivity contribution in [3.63, 3.8) is 0 Å². The number of carbonyl (C=O) groups excluding carboxylic acids is 4. The van der Waals surface area contributed by atoms with Gasteiger partial charge in [0.2, 0.25) is 17.7 Å². The first-order chi connectivity index (χ1) is 61.7. The number of rotatable bonds is 95. The highest BCUT2D eigenvalue weighted by Crippen LogP contribution is 2.41. The largest absolute Gasteiger partial charge is 0.480 e. The van der Waals surface area contributed by atoms with Crippen LogP contribution >= 0.6 is 23.2 Å². The maximum Gasteiger partial charge on any atom is 0.326 e. The Hall–Kier alpha value is -4.27. The fourth-order valence-corrected chi connectivity index (χ4v) is 15.7. The molecule has 730 valence electrons. The minimum atomic E-state index is -1.18. The van der Waals surface area contributed by atoms with Crippen LogP contribution in [0.2, 0.25) is 10.0 Å². The van der Waals surface area contributed by atoms with Gasteiger partial charge in [0.25, 0.3) is 5.91 Å². The molecule has 0 bridgehead atoms. The van der Waals surface area contributed by atoms with Gasteiger partial charge in [0.05, 0.1) is 220 Å². The Kier molecular flexibility index (Phi) is 77.1. The standard InChI is InChI=1S/C98H173Cl2N5O21/c1-5-7-9-11-13-15-17-19-21-23-25-27-29-31-33-37-55-125-85-88(126-56-38-34-32-30-28-26-24-22-20-18-16-14-12-10-8-6-2)84-105(3,4)54-40-52-101-92(106)47-57-112-59-61-114-63-65-116-67-69-118-71-73-120-75-77-122-79-81-124-82-80-123-78-76-121-74-72-119-70-68-117-66-64-115-62-60-113-58-48-93(107)102-53-51-98(49-35-36-50-98)97(111)104-91(96(109)110)83-86-43-45-87(46-44-86)103-95(108)94-89(99)41-39-42-90(94)100/h39,41-46,88,91H,5-38,40,47-85H2,1-4H3,(H4-,101,102,103,104,106,107,108,109,110,111)/p+1/t88?,91-/m0/s1. The Morgan fingerprint density at radius 2 is 0.722 bits per heavy atom. The molecule has 0 aliphatic heterocycles. The highest BCUT2D eigenvalue weighted by molar-refractivity contribution is 6.40. The molecule has 1 saturated carbocycles. The van der Waals surface area contributed by atoms with Crippen LogP contribution in [0.25, 0.3) is 0 Å².